The second kappa shape index (κ2) is 9.27. The number of hydrogen-bond acceptors (Lipinski definition) is 4. The Balaban J connectivity index is 1.73. The van der Waals surface area contributed by atoms with Crippen LogP contribution in [-0.2, 0) is 16.6 Å². The van der Waals surface area contributed by atoms with Crippen molar-refractivity contribution in [3.63, 3.8) is 0 Å². The molecule has 0 aromatic heterocycles. The van der Waals surface area contributed by atoms with Gasteiger partial charge in [-0.3, -0.25) is 4.99 Å². The van der Waals surface area contributed by atoms with Crippen LogP contribution in [0.4, 0.5) is 13.2 Å². The highest BCUT2D eigenvalue weighted by Crippen LogP contribution is 2.18. The minimum absolute atomic E-state index is 0.144. The van der Waals surface area contributed by atoms with Gasteiger partial charge >= 0.3 is 6.18 Å². The number of rotatable bonds is 7. The van der Waals surface area contributed by atoms with E-state index >= 15 is 0 Å². The number of nitrogens with zero attached hydrogens (tertiary/aromatic N) is 2. The molecule has 1 aromatic carbocycles. The van der Waals surface area contributed by atoms with Gasteiger partial charge in [0.2, 0.25) is 10.0 Å². The maximum Gasteiger partial charge on any atom is 0.422 e. The van der Waals surface area contributed by atoms with E-state index in [0.717, 1.165) is 5.56 Å². The van der Waals surface area contributed by atoms with Gasteiger partial charge in [-0.15, -0.1) is 0 Å². The van der Waals surface area contributed by atoms with Gasteiger partial charge in [-0.25, -0.2) is 12.7 Å². The normalized spacial score (nSPS) is 17.7. The molecule has 7 nitrogen and oxygen atoms in total. The molecule has 11 heteroatoms. The van der Waals surface area contributed by atoms with E-state index in [9.17, 15) is 21.6 Å². The monoisotopic (exact) mass is 408 g/mol. The Morgan fingerprint density at radius 1 is 1.26 bits per heavy atom. The van der Waals surface area contributed by atoms with Crippen molar-refractivity contribution in [3.05, 3.63) is 29.8 Å². The van der Waals surface area contributed by atoms with Gasteiger partial charge in [0.15, 0.2) is 12.6 Å². The first-order chi connectivity index (χ1) is 12.7. The largest absolute Gasteiger partial charge is 0.484 e. The Kier molecular flexibility index (Phi) is 7.31. The van der Waals surface area contributed by atoms with Crippen LogP contribution in [0, 0.1) is 0 Å². The second-order valence-corrected chi connectivity index (χ2v) is 8.06. The van der Waals surface area contributed by atoms with Crippen LogP contribution in [0.5, 0.6) is 5.75 Å². The summed E-state index contributed by atoms with van der Waals surface area (Å²) in [5, 5.41) is 6.09. The molecule has 152 valence electrons. The van der Waals surface area contributed by atoms with Gasteiger partial charge < -0.3 is 15.4 Å². The zero-order chi connectivity index (χ0) is 19.9. The van der Waals surface area contributed by atoms with E-state index in [1.54, 1.807) is 19.2 Å². The zero-order valence-electron chi connectivity index (χ0n) is 14.9. The summed E-state index contributed by atoms with van der Waals surface area (Å²) in [7, 11) is -1.52. The van der Waals surface area contributed by atoms with Crippen LogP contribution in [0.1, 0.15) is 12.0 Å². The molecule has 0 unspecified atom stereocenters. The number of halogens is 3. The fourth-order valence-corrected chi connectivity index (χ4v) is 4.05. The van der Waals surface area contributed by atoms with Crippen LogP contribution in [0.2, 0.25) is 0 Å². The molecule has 2 rings (SSSR count). The van der Waals surface area contributed by atoms with E-state index in [-0.39, 0.29) is 11.5 Å². The molecule has 1 aromatic rings. The fraction of sp³-hybridized carbons (Fsp3) is 0.562. The van der Waals surface area contributed by atoms with Crippen molar-refractivity contribution in [3.8, 4) is 5.75 Å². The molecule has 0 saturated carbocycles. The van der Waals surface area contributed by atoms with Crippen LogP contribution in [-0.4, -0.2) is 63.9 Å². The van der Waals surface area contributed by atoms with Gasteiger partial charge in [-0.05, 0) is 24.1 Å². The lowest BCUT2D eigenvalue weighted by atomic mass is 10.2. The highest BCUT2D eigenvalue weighted by molar-refractivity contribution is 7.89. The molecular weight excluding hydrogens is 385 g/mol. The van der Waals surface area contributed by atoms with Crippen molar-refractivity contribution in [2.45, 2.75) is 19.1 Å². The summed E-state index contributed by atoms with van der Waals surface area (Å²) in [6.07, 6.45) is -3.72. The molecule has 27 heavy (non-hydrogen) atoms. The highest BCUT2D eigenvalue weighted by Gasteiger charge is 2.28. The third-order valence-corrected chi connectivity index (χ3v) is 5.82. The summed E-state index contributed by atoms with van der Waals surface area (Å²) in [4.78, 5) is 4.05. The predicted molar refractivity (Wildman–Crippen MR) is 96.2 cm³/mol. The van der Waals surface area contributed by atoms with E-state index in [0.29, 0.717) is 38.6 Å². The minimum Gasteiger partial charge on any atom is -0.484 e. The molecule has 0 aliphatic carbocycles. The number of guanidine groups is 1. The first-order valence-electron chi connectivity index (χ1n) is 8.40. The third-order valence-electron chi connectivity index (χ3n) is 3.87. The smallest absolute Gasteiger partial charge is 0.422 e. The summed E-state index contributed by atoms with van der Waals surface area (Å²) in [5.41, 5.74) is 0.833. The molecule has 0 spiro atoms. The lowest BCUT2D eigenvalue weighted by molar-refractivity contribution is -0.153. The SMILES string of the molecule is CN=C(NCCN1CCCS1(=O)=O)NCc1ccc(OCC(F)(F)F)cc1. The molecule has 0 radical (unpaired) electrons. The van der Waals surface area contributed by atoms with Crippen LogP contribution in [0.15, 0.2) is 29.3 Å². The van der Waals surface area contributed by atoms with Crippen molar-refractivity contribution < 1.29 is 26.3 Å². The zero-order valence-corrected chi connectivity index (χ0v) is 15.7. The summed E-state index contributed by atoms with van der Waals surface area (Å²) in [6, 6.07) is 6.25. The molecule has 0 amide bonds. The Morgan fingerprint density at radius 3 is 2.52 bits per heavy atom. The molecule has 1 aliphatic heterocycles. The number of alkyl halides is 3. The number of benzene rings is 1. The number of aliphatic imine (C=N–C) groups is 1. The topological polar surface area (TPSA) is 83.0 Å². The van der Waals surface area contributed by atoms with Crippen molar-refractivity contribution in [1.29, 1.82) is 0 Å². The summed E-state index contributed by atoms with van der Waals surface area (Å²) >= 11 is 0. The summed E-state index contributed by atoms with van der Waals surface area (Å²) in [6.45, 7) is 0.408. The van der Waals surface area contributed by atoms with Gasteiger partial charge in [-0.1, -0.05) is 12.1 Å². The number of nitrogens with one attached hydrogen (secondary N) is 2. The van der Waals surface area contributed by atoms with Crippen molar-refractivity contribution in [1.82, 2.24) is 14.9 Å². The molecular formula is C16H23F3N4O3S. The maximum atomic E-state index is 12.1. The Hall–Kier alpha value is -2.01. The van der Waals surface area contributed by atoms with Gasteiger partial charge in [0, 0.05) is 33.2 Å². The van der Waals surface area contributed by atoms with Crippen LogP contribution >= 0.6 is 0 Å². The first kappa shape index (κ1) is 21.3. The molecule has 1 aliphatic rings. The van der Waals surface area contributed by atoms with E-state index in [2.05, 4.69) is 20.4 Å². The molecule has 1 fully saturated rings. The Labute approximate surface area is 156 Å². The van der Waals surface area contributed by atoms with Gasteiger partial charge in [-0.2, -0.15) is 13.2 Å². The highest BCUT2D eigenvalue weighted by atomic mass is 32.2. The standard InChI is InChI=1S/C16H23F3N4O3S/c1-20-15(21-7-9-23-8-2-10-27(23,24)25)22-11-13-3-5-14(6-4-13)26-12-16(17,18)19/h3-6H,2,7-12H2,1H3,(H2,20,21,22). The van der Waals surface area contributed by atoms with Crippen molar-refractivity contribution in [2.24, 2.45) is 4.99 Å². The molecule has 1 saturated heterocycles. The maximum absolute atomic E-state index is 12.1. The van der Waals surface area contributed by atoms with Crippen molar-refractivity contribution in [2.75, 3.05) is 39.0 Å². The summed E-state index contributed by atoms with van der Waals surface area (Å²) in [5.74, 6) is 0.845. The van der Waals surface area contributed by atoms with E-state index in [1.165, 1.54) is 16.4 Å². The van der Waals surface area contributed by atoms with Gasteiger partial charge in [0.25, 0.3) is 0 Å². The number of ether oxygens (including phenoxy) is 1. The number of hydrogen-bond donors (Lipinski definition) is 2. The Morgan fingerprint density at radius 2 is 1.96 bits per heavy atom. The van der Waals surface area contributed by atoms with E-state index < -0.39 is 22.8 Å². The number of sulfonamides is 1. The molecule has 1 heterocycles. The third kappa shape index (κ3) is 7.25. The molecule has 2 N–H and O–H groups in total. The van der Waals surface area contributed by atoms with Crippen LogP contribution < -0.4 is 15.4 Å². The second-order valence-electron chi connectivity index (χ2n) is 5.97. The average molecular weight is 408 g/mol. The molecule has 0 bridgehead atoms. The Bertz CT molecular complexity index is 736. The molecule has 0 atom stereocenters. The van der Waals surface area contributed by atoms with E-state index in [1.807, 2.05) is 0 Å². The van der Waals surface area contributed by atoms with Gasteiger partial charge in [0.05, 0.1) is 5.75 Å². The average Bonchev–Trinajstić information content (AvgIpc) is 2.94. The quantitative estimate of drug-likeness (QED) is 0.525. The minimum atomic E-state index is -4.37. The first-order valence-corrected chi connectivity index (χ1v) is 10.0. The summed E-state index contributed by atoms with van der Waals surface area (Å²) < 4.78 is 65.9. The van der Waals surface area contributed by atoms with E-state index in [4.69, 9.17) is 0 Å². The lowest BCUT2D eigenvalue weighted by Gasteiger charge is -2.16. The lowest BCUT2D eigenvalue weighted by Crippen LogP contribution is -2.41. The fourth-order valence-electron chi connectivity index (χ4n) is 2.52. The predicted octanol–water partition coefficient (Wildman–Crippen LogP) is 1.33. The van der Waals surface area contributed by atoms with Crippen molar-refractivity contribution >= 4 is 16.0 Å². The van der Waals surface area contributed by atoms with Crippen LogP contribution in [0.3, 0.4) is 0 Å². The van der Waals surface area contributed by atoms with Gasteiger partial charge in [0.1, 0.15) is 5.75 Å². The van der Waals surface area contributed by atoms with Crippen LogP contribution in [0.25, 0.3) is 0 Å².